The summed E-state index contributed by atoms with van der Waals surface area (Å²) < 4.78 is 15.5. The normalized spacial score (nSPS) is 12.7. The summed E-state index contributed by atoms with van der Waals surface area (Å²) in [5.41, 5.74) is 5.05. The molecule has 19 heavy (non-hydrogen) atoms. The summed E-state index contributed by atoms with van der Waals surface area (Å²) in [6.07, 6.45) is 0. The SMILES string of the molecule is CNC(c1cc(C)cc(F)c1)c1c(C)nn(C)c1C. The van der Waals surface area contributed by atoms with Gasteiger partial charge < -0.3 is 5.32 Å². The van der Waals surface area contributed by atoms with Gasteiger partial charge in [0.1, 0.15) is 5.82 Å². The Balaban J connectivity index is 2.56. The quantitative estimate of drug-likeness (QED) is 0.920. The van der Waals surface area contributed by atoms with Gasteiger partial charge in [0.2, 0.25) is 0 Å². The molecule has 0 aliphatic heterocycles. The number of nitrogens with one attached hydrogen (secondary N) is 1. The Labute approximate surface area is 113 Å². The molecule has 1 unspecified atom stereocenters. The summed E-state index contributed by atoms with van der Waals surface area (Å²) in [6.45, 7) is 5.92. The van der Waals surface area contributed by atoms with Crippen LogP contribution in [0.15, 0.2) is 18.2 Å². The van der Waals surface area contributed by atoms with E-state index in [2.05, 4.69) is 10.4 Å². The zero-order valence-electron chi connectivity index (χ0n) is 12.1. The lowest BCUT2D eigenvalue weighted by Crippen LogP contribution is -2.19. The molecule has 0 radical (unpaired) electrons. The second-order valence-corrected chi connectivity index (χ2v) is 4.99. The molecule has 1 aromatic carbocycles. The van der Waals surface area contributed by atoms with Gasteiger partial charge in [0, 0.05) is 18.3 Å². The van der Waals surface area contributed by atoms with Crippen LogP contribution in [0, 0.1) is 26.6 Å². The van der Waals surface area contributed by atoms with Crippen molar-refractivity contribution < 1.29 is 4.39 Å². The minimum atomic E-state index is -0.200. The van der Waals surface area contributed by atoms with E-state index in [1.54, 1.807) is 12.1 Å². The number of hydrogen-bond acceptors (Lipinski definition) is 2. The average molecular weight is 261 g/mol. The first kappa shape index (κ1) is 13.7. The van der Waals surface area contributed by atoms with Crippen LogP contribution in [0.4, 0.5) is 4.39 Å². The van der Waals surface area contributed by atoms with Crippen molar-refractivity contribution in [2.75, 3.05) is 7.05 Å². The smallest absolute Gasteiger partial charge is 0.123 e. The lowest BCUT2D eigenvalue weighted by molar-refractivity contribution is 0.614. The van der Waals surface area contributed by atoms with Crippen molar-refractivity contribution in [2.24, 2.45) is 7.05 Å². The van der Waals surface area contributed by atoms with E-state index in [4.69, 9.17) is 0 Å². The highest BCUT2D eigenvalue weighted by molar-refractivity contribution is 5.38. The maximum absolute atomic E-state index is 13.6. The van der Waals surface area contributed by atoms with Crippen LogP contribution in [-0.4, -0.2) is 16.8 Å². The van der Waals surface area contributed by atoms with Crippen LogP contribution in [-0.2, 0) is 7.05 Å². The molecule has 102 valence electrons. The Morgan fingerprint density at radius 2 is 1.89 bits per heavy atom. The minimum Gasteiger partial charge on any atom is -0.309 e. The van der Waals surface area contributed by atoms with E-state index in [1.807, 2.05) is 45.6 Å². The highest BCUT2D eigenvalue weighted by Crippen LogP contribution is 2.28. The Hall–Kier alpha value is -1.68. The number of rotatable bonds is 3. The van der Waals surface area contributed by atoms with E-state index in [1.165, 1.54) is 0 Å². The summed E-state index contributed by atoms with van der Waals surface area (Å²) in [5, 5.41) is 7.70. The second kappa shape index (κ2) is 5.13. The standard InChI is InChI=1S/C15H20FN3/c1-9-6-12(8-13(16)7-9)15(17-4)14-10(2)18-19(5)11(14)3/h6-8,15,17H,1-5H3. The molecule has 1 N–H and O–H groups in total. The molecule has 0 saturated carbocycles. The lowest BCUT2D eigenvalue weighted by Gasteiger charge is -2.18. The molecule has 1 heterocycles. The fraction of sp³-hybridized carbons (Fsp3) is 0.400. The highest BCUT2D eigenvalue weighted by atomic mass is 19.1. The minimum absolute atomic E-state index is 0.0388. The first-order valence-electron chi connectivity index (χ1n) is 6.38. The molecule has 0 bridgehead atoms. The molecule has 0 aliphatic rings. The number of aromatic nitrogens is 2. The van der Waals surface area contributed by atoms with Crippen LogP contribution >= 0.6 is 0 Å². The Morgan fingerprint density at radius 1 is 1.21 bits per heavy atom. The molecule has 1 aromatic heterocycles. The van der Waals surface area contributed by atoms with Crippen LogP contribution in [0.3, 0.4) is 0 Å². The Morgan fingerprint density at radius 3 is 2.37 bits per heavy atom. The van der Waals surface area contributed by atoms with Crippen molar-refractivity contribution in [1.82, 2.24) is 15.1 Å². The fourth-order valence-electron chi connectivity index (χ4n) is 2.62. The van der Waals surface area contributed by atoms with E-state index in [-0.39, 0.29) is 11.9 Å². The van der Waals surface area contributed by atoms with Crippen LogP contribution in [0.5, 0.6) is 0 Å². The Kier molecular flexibility index (Phi) is 3.71. The third kappa shape index (κ3) is 2.54. The fourth-order valence-corrected chi connectivity index (χ4v) is 2.62. The van der Waals surface area contributed by atoms with Gasteiger partial charge in [0.15, 0.2) is 0 Å². The Bertz CT molecular complexity index is 581. The largest absolute Gasteiger partial charge is 0.309 e. The molecule has 0 fully saturated rings. The third-order valence-electron chi connectivity index (χ3n) is 3.54. The third-order valence-corrected chi connectivity index (χ3v) is 3.54. The zero-order valence-corrected chi connectivity index (χ0v) is 12.1. The monoisotopic (exact) mass is 261 g/mol. The summed E-state index contributed by atoms with van der Waals surface area (Å²) in [7, 11) is 3.81. The second-order valence-electron chi connectivity index (χ2n) is 4.99. The van der Waals surface area contributed by atoms with E-state index in [0.29, 0.717) is 0 Å². The highest BCUT2D eigenvalue weighted by Gasteiger charge is 2.21. The molecule has 3 nitrogen and oxygen atoms in total. The van der Waals surface area contributed by atoms with Crippen molar-refractivity contribution in [3.63, 3.8) is 0 Å². The van der Waals surface area contributed by atoms with Gasteiger partial charge >= 0.3 is 0 Å². The number of benzene rings is 1. The summed E-state index contributed by atoms with van der Waals surface area (Å²) in [4.78, 5) is 0. The molecule has 0 spiro atoms. The van der Waals surface area contributed by atoms with Gasteiger partial charge in [-0.25, -0.2) is 4.39 Å². The number of nitrogens with zero attached hydrogens (tertiary/aromatic N) is 2. The maximum atomic E-state index is 13.6. The summed E-state index contributed by atoms with van der Waals surface area (Å²) >= 11 is 0. The van der Waals surface area contributed by atoms with Gasteiger partial charge in [-0.3, -0.25) is 4.68 Å². The van der Waals surface area contributed by atoms with Crippen molar-refractivity contribution in [3.8, 4) is 0 Å². The van der Waals surface area contributed by atoms with E-state index >= 15 is 0 Å². The molecular formula is C15H20FN3. The first-order valence-corrected chi connectivity index (χ1v) is 6.38. The van der Waals surface area contributed by atoms with Crippen LogP contribution < -0.4 is 5.32 Å². The van der Waals surface area contributed by atoms with E-state index < -0.39 is 0 Å². The number of halogens is 1. The van der Waals surface area contributed by atoms with Gasteiger partial charge in [-0.15, -0.1) is 0 Å². The number of aryl methyl sites for hydroxylation is 3. The van der Waals surface area contributed by atoms with E-state index in [0.717, 1.165) is 28.1 Å². The molecule has 0 aliphatic carbocycles. The molecule has 0 amide bonds. The van der Waals surface area contributed by atoms with Gasteiger partial charge in [-0.05, 0) is 51.1 Å². The van der Waals surface area contributed by atoms with Gasteiger partial charge in [0.25, 0.3) is 0 Å². The van der Waals surface area contributed by atoms with Crippen molar-refractivity contribution in [3.05, 3.63) is 52.1 Å². The predicted molar refractivity (Wildman–Crippen MR) is 74.7 cm³/mol. The molecule has 1 atom stereocenters. The summed E-state index contributed by atoms with van der Waals surface area (Å²) in [6, 6.07) is 5.10. The van der Waals surface area contributed by atoms with Gasteiger partial charge in [0.05, 0.1) is 11.7 Å². The molecular weight excluding hydrogens is 241 g/mol. The van der Waals surface area contributed by atoms with E-state index in [9.17, 15) is 4.39 Å². The molecule has 4 heteroatoms. The molecule has 0 saturated heterocycles. The molecule has 2 rings (SSSR count). The summed E-state index contributed by atoms with van der Waals surface area (Å²) in [5.74, 6) is -0.200. The van der Waals surface area contributed by atoms with Crippen molar-refractivity contribution in [2.45, 2.75) is 26.8 Å². The van der Waals surface area contributed by atoms with Crippen molar-refractivity contribution >= 4 is 0 Å². The lowest BCUT2D eigenvalue weighted by atomic mass is 9.96. The first-order chi connectivity index (χ1) is 8.93. The number of hydrogen-bond donors (Lipinski definition) is 1. The average Bonchev–Trinajstić information content (AvgIpc) is 2.56. The molecule has 2 aromatic rings. The van der Waals surface area contributed by atoms with Crippen molar-refractivity contribution in [1.29, 1.82) is 0 Å². The topological polar surface area (TPSA) is 29.9 Å². The zero-order chi connectivity index (χ0) is 14.2. The maximum Gasteiger partial charge on any atom is 0.123 e. The van der Waals surface area contributed by atoms with Crippen LogP contribution in [0.1, 0.15) is 34.1 Å². The predicted octanol–water partition coefficient (Wildman–Crippen LogP) is 2.79. The van der Waals surface area contributed by atoms with Gasteiger partial charge in [-0.2, -0.15) is 5.10 Å². The van der Waals surface area contributed by atoms with Gasteiger partial charge in [-0.1, -0.05) is 6.07 Å². The van der Waals surface area contributed by atoms with Crippen LogP contribution in [0.2, 0.25) is 0 Å². The van der Waals surface area contributed by atoms with Crippen LogP contribution in [0.25, 0.3) is 0 Å².